The van der Waals surface area contributed by atoms with Gasteiger partial charge in [-0.25, -0.2) is 4.98 Å². The maximum absolute atomic E-state index is 5.19. The van der Waals surface area contributed by atoms with Gasteiger partial charge in [-0.1, -0.05) is 140 Å². The maximum atomic E-state index is 5.19. The predicted octanol–water partition coefficient (Wildman–Crippen LogP) is 13.6. The van der Waals surface area contributed by atoms with Gasteiger partial charge in [0.1, 0.15) is 0 Å². The zero-order chi connectivity index (χ0) is 34.1. The Labute approximate surface area is 300 Å². The lowest BCUT2D eigenvalue weighted by atomic mass is 9.90. The lowest BCUT2D eigenvalue weighted by molar-refractivity contribution is 1.31. The summed E-state index contributed by atoms with van der Waals surface area (Å²) in [7, 11) is 0. The lowest BCUT2D eigenvalue weighted by Gasteiger charge is -2.15. The minimum Gasteiger partial charge on any atom is -0.252 e. The van der Waals surface area contributed by atoms with Crippen LogP contribution in [0, 0.1) is 13.8 Å². The van der Waals surface area contributed by atoms with Crippen molar-refractivity contribution in [2.45, 2.75) is 13.8 Å². The molecule has 0 aliphatic carbocycles. The predicted molar refractivity (Wildman–Crippen MR) is 219 cm³/mol. The molecule has 0 amide bonds. The summed E-state index contributed by atoms with van der Waals surface area (Å²) < 4.78 is 2.69. The van der Waals surface area contributed by atoms with Crippen LogP contribution < -0.4 is 0 Å². The fraction of sp³-hybridized carbons (Fsp3) is 0.0417. The third kappa shape index (κ3) is 4.85. The van der Waals surface area contributed by atoms with Crippen molar-refractivity contribution in [1.82, 2.24) is 9.97 Å². The van der Waals surface area contributed by atoms with Crippen molar-refractivity contribution in [3.8, 4) is 44.6 Å². The van der Waals surface area contributed by atoms with Gasteiger partial charge < -0.3 is 0 Å². The Balaban J connectivity index is 0.993. The Bertz CT molecular complexity index is 2950. The van der Waals surface area contributed by atoms with Crippen LogP contribution in [-0.2, 0) is 0 Å². The Morgan fingerprint density at radius 2 is 1.00 bits per heavy atom. The molecule has 0 saturated heterocycles. The van der Waals surface area contributed by atoms with E-state index in [4.69, 9.17) is 9.97 Å². The molecule has 0 bridgehead atoms. The lowest BCUT2D eigenvalue weighted by Crippen LogP contribution is -1.92. The second-order valence-corrected chi connectivity index (χ2v) is 14.5. The Morgan fingerprint density at radius 3 is 1.78 bits per heavy atom. The van der Waals surface area contributed by atoms with Gasteiger partial charge in [-0.3, -0.25) is 4.98 Å². The molecular formula is C48H32N2S. The van der Waals surface area contributed by atoms with E-state index in [1.54, 1.807) is 0 Å². The van der Waals surface area contributed by atoms with Crippen LogP contribution >= 0.6 is 11.3 Å². The first-order chi connectivity index (χ1) is 25.1. The minimum atomic E-state index is 0.876. The molecule has 2 nitrogen and oxygen atoms in total. The van der Waals surface area contributed by atoms with Gasteiger partial charge in [-0.2, -0.15) is 0 Å². The molecule has 0 unspecified atom stereocenters. The molecule has 0 atom stereocenters. The van der Waals surface area contributed by atoms with Crippen LogP contribution in [0.25, 0.3) is 97.4 Å². The summed E-state index contributed by atoms with van der Waals surface area (Å²) in [5, 5.41) is 7.35. The highest BCUT2D eigenvalue weighted by Crippen LogP contribution is 2.42. The SMILES string of the molecule is Cc1cc(-c2cccc3c2sc2ccccc23)c(C)cc1-c1cccc(-c2ccc(-c3cnc4c5ccccc5c5ccccc5c4n3)cc2)c1. The highest BCUT2D eigenvalue weighted by Gasteiger charge is 2.15. The van der Waals surface area contributed by atoms with Crippen LogP contribution in [0.1, 0.15) is 11.1 Å². The van der Waals surface area contributed by atoms with Gasteiger partial charge in [0.15, 0.2) is 0 Å². The standard InChI is InChI=1S/C48H32N2S/c1-29-26-43(41-19-10-18-40-37-15-7-8-20-45(37)51-48(40)41)30(2)25-42(29)34-12-9-11-33(27-34)31-21-23-32(24-22-31)44-28-49-46-38-16-5-3-13-35(38)36-14-4-6-17-39(36)47(46)50-44/h3-28H,1-2H3. The third-order valence-corrected chi connectivity index (χ3v) is 11.6. The Kier molecular flexibility index (Phi) is 6.83. The maximum Gasteiger partial charge on any atom is 0.0979 e. The Morgan fingerprint density at radius 1 is 0.412 bits per heavy atom. The summed E-state index contributed by atoms with van der Waals surface area (Å²) >= 11 is 1.89. The van der Waals surface area contributed by atoms with Crippen molar-refractivity contribution in [3.63, 3.8) is 0 Å². The number of rotatable bonds is 4. The normalized spacial score (nSPS) is 11.7. The van der Waals surface area contributed by atoms with E-state index >= 15 is 0 Å². The number of benzene rings is 8. The molecule has 0 N–H and O–H groups in total. The van der Waals surface area contributed by atoms with E-state index in [-0.39, 0.29) is 0 Å². The Hall–Kier alpha value is -6.16. The van der Waals surface area contributed by atoms with E-state index in [1.807, 2.05) is 17.5 Å². The van der Waals surface area contributed by atoms with E-state index in [1.165, 1.54) is 75.5 Å². The van der Waals surface area contributed by atoms with Gasteiger partial charge >= 0.3 is 0 Å². The highest BCUT2D eigenvalue weighted by molar-refractivity contribution is 7.26. The number of aromatic nitrogens is 2. The summed E-state index contributed by atoms with van der Waals surface area (Å²) in [5.41, 5.74) is 13.8. The quantitative estimate of drug-likeness (QED) is 0.174. The molecule has 10 rings (SSSR count). The molecule has 0 spiro atoms. The number of hydrogen-bond acceptors (Lipinski definition) is 3. The van der Waals surface area contributed by atoms with E-state index < -0.39 is 0 Å². The van der Waals surface area contributed by atoms with Crippen molar-refractivity contribution in [1.29, 1.82) is 0 Å². The van der Waals surface area contributed by atoms with Crippen molar-refractivity contribution in [2.75, 3.05) is 0 Å². The summed E-state index contributed by atoms with van der Waals surface area (Å²) in [6.07, 6.45) is 1.91. The van der Waals surface area contributed by atoms with E-state index in [0.717, 1.165) is 33.1 Å². The summed E-state index contributed by atoms with van der Waals surface area (Å²) in [6, 6.07) is 54.8. The molecule has 10 aromatic rings. The fourth-order valence-electron chi connectivity index (χ4n) is 7.84. The average molecular weight is 669 g/mol. The smallest absolute Gasteiger partial charge is 0.0979 e. The van der Waals surface area contributed by atoms with Crippen LogP contribution in [0.5, 0.6) is 0 Å². The molecule has 8 aromatic carbocycles. The molecule has 0 aliphatic heterocycles. The molecule has 2 aromatic heterocycles. The molecule has 51 heavy (non-hydrogen) atoms. The fourth-order valence-corrected chi connectivity index (χ4v) is 9.07. The second kappa shape index (κ2) is 11.7. The van der Waals surface area contributed by atoms with Crippen molar-refractivity contribution < 1.29 is 0 Å². The third-order valence-electron chi connectivity index (χ3n) is 10.4. The molecule has 0 aliphatic rings. The monoisotopic (exact) mass is 668 g/mol. The highest BCUT2D eigenvalue weighted by atomic mass is 32.1. The van der Waals surface area contributed by atoms with Crippen LogP contribution in [0.4, 0.5) is 0 Å². The van der Waals surface area contributed by atoms with Crippen molar-refractivity contribution >= 4 is 64.1 Å². The first kappa shape index (κ1) is 29.7. The van der Waals surface area contributed by atoms with Gasteiger partial charge in [0, 0.05) is 36.5 Å². The van der Waals surface area contributed by atoms with E-state index in [2.05, 4.69) is 166 Å². The van der Waals surface area contributed by atoms with Crippen LogP contribution in [0.15, 0.2) is 158 Å². The van der Waals surface area contributed by atoms with Crippen LogP contribution in [0.2, 0.25) is 0 Å². The first-order valence-corrected chi connectivity index (χ1v) is 18.2. The average Bonchev–Trinajstić information content (AvgIpc) is 3.58. The minimum absolute atomic E-state index is 0.876. The molecular weight excluding hydrogens is 637 g/mol. The second-order valence-electron chi connectivity index (χ2n) is 13.5. The van der Waals surface area contributed by atoms with Gasteiger partial charge in [0.2, 0.25) is 0 Å². The molecule has 0 saturated carbocycles. The van der Waals surface area contributed by atoms with E-state index in [0.29, 0.717) is 0 Å². The number of hydrogen-bond donors (Lipinski definition) is 0. The number of thiophene rings is 1. The number of fused-ring (bicyclic) bond motifs is 9. The molecule has 240 valence electrons. The summed E-state index contributed by atoms with van der Waals surface area (Å²) in [4.78, 5) is 10.2. The van der Waals surface area contributed by atoms with Gasteiger partial charge in [0.05, 0.1) is 22.9 Å². The van der Waals surface area contributed by atoms with Crippen LogP contribution in [-0.4, -0.2) is 9.97 Å². The van der Waals surface area contributed by atoms with Gasteiger partial charge in [-0.15, -0.1) is 11.3 Å². The largest absolute Gasteiger partial charge is 0.252 e. The summed E-state index contributed by atoms with van der Waals surface area (Å²) in [6.45, 7) is 4.48. The van der Waals surface area contributed by atoms with Crippen molar-refractivity contribution in [2.24, 2.45) is 0 Å². The van der Waals surface area contributed by atoms with E-state index in [9.17, 15) is 0 Å². The number of aryl methyl sites for hydroxylation is 2. The van der Waals surface area contributed by atoms with Gasteiger partial charge in [-0.05, 0) is 81.3 Å². The zero-order valence-electron chi connectivity index (χ0n) is 28.3. The van der Waals surface area contributed by atoms with Gasteiger partial charge in [0.25, 0.3) is 0 Å². The first-order valence-electron chi connectivity index (χ1n) is 17.4. The summed E-state index contributed by atoms with van der Waals surface area (Å²) in [5.74, 6) is 0. The topological polar surface area (TPSA) is 25.8 Å². The number of nitrogens with zero attached hydrogens (tertiary/aromatic N) is 2. The van der Waals surface area contributed by atoms with Crippen molar-refractivity contribution in [3.05, 3.63) is 169 Å². The van der Waals surface area contributed by atoms with Crippen LogP contribution in [0.3, 0.4) is 0 Å². The zero-order valence-corrected chi connectivity index (χ0v) is 29.1. The molecule has 2 heterocycles. The molecule has 0 radical (unpaired) electrons. The molecule has 3 heteroatoms. The molecule has 0 fully saturated rings.